The molecule has 0 spiro atoms. The third-order valence-corrected chi connectivity index (χ3v) is 7.41. The molecule has 2 aliphatic rings. The van der Waals surface area contributed by atoms with Crippen molar-refractivity contribution in [1.29, 1.82) is 0 Å². The summed E-state index contributed by atoms with van der Waals surface area (Å²) < 4.78 is 2.55. The lowest BCUT2D eigenvalue weighted by Gasteiger charge is -2.25. The Labute approximate surface area is 186 Å². The van der Waals surface area contributed by atoms with E-state index < -0.39 is 0 Å². The SMILES string of the molecule is c1ccc(-c2cccc3c4cccc5c4n(c23)-c2cccc3c2B5c2ccccc2-3)cc1. The van der Waals surface area contributed by atoms with Crippen molar-refractivity contribution in [2.75, 3.05) is 0 Å². The molecule has 0 aliphatic carbocycles. The topological polar surface area (TPSA) is 4.93 Å². The molecule has 5 aromatic carbocycles. The van der Waals surface area contributed by atoms with Gasteiger partial charge in [-0.15, -0.1) is 0 Å². The molecule has 6 aromatic rings. The Morgan fingerprint density at radius 3 is 2.03 bits per heavy atom. The Hall–Kier alpha value is -4.04. The molecule has 1 nitrogen and oxygen atoms in total. The number of hydrogen-bond acceptors (Lipinski definition) is 0. The van der Waals surface area contributed by atoms with Crippen LogP contribution in [0.15, 0.2) is 109 Å². The Morgan fingerprint density at radius 2 is 1.12 bits per heavy atom. The summed E-state index contributed by atoms with van der Waals surface area (Å²) >= 11 is 0. The van der Waals surface area contributed by atoms with Crippen LogP contribution < -0.4 is 16.4 Å². The van der Waals surface area contributed by atoms with E-state index in [9.17, 15) is 0 Å². The molecule has 1 aromatic heterocycles. The fraction of sp³-hybridized carbons (Fsp3) is 0. The monoisotopic (exact) mass is 403 g/mol. The van der Waals surface area contributed by atoms with Crippen LogP contribution in [-0.4, -0.2) is 11.3 Å². The lowest BCUT2D eigenvalue weighted by atomic mass is 9.37. The van der Waals surface area contributed by atoms with Crippen LogP contribution in [-0.2, 0) is 0 Å². The molecular formula is C30H18BN. The molecule has 0 N–H and O–H groups in total. The lowest BCUT2D eigenvalue weighted by molar-refractivity contribution is 1.19. The van der Waals surface area contributed by atoms with Gasteiger partial charge in [0.25, 0.3) is 0 Å². The number of aromatic nitrogens is 1. The third kappa shape index (κ3) is 1.87. The van der Waals surface area contributed by atoms with Crippen molar-refractivity contribution in [3.63, 3.8) is 0 Å². The van der Waals surface area contributed by atoms with Gasteiger partial charge in [-0.2, -0.15) is 0 Å². The zero-order valence-corrected chi connectivity index (χ0v) is 17.4. The summed E-state index contributed by atoms with van der Waals surface area (Å²) in [7, 11) is 0. The number of benzene rings is 5. The fourth-order valence-corrected chi connectivity index (χ4v) is 6.23. The summed E-state index contributed by atoms with van der Waals surface area (Å²) in [5, 5.41) is 2.67. The van der Waals surface area contributed by atoms with Crippen molar-refractivity contribution in [2.24, 2.45) is 0 Å². The minimum atomic E-state index is 0.304. The first-order valence-corrected chi connectivity index (χ1v) is 11.3. The maximum Gasteiger partial charge on any atom is 0.248 e. The Bertz CT molecular complexity index is 1730. The summed E-state index contributed by atoms with van der Waals surface area (Å²) in [5.74, 6) is 0. The first kappa shape index (κ1) is 16.6. The number of nitrogens with zero attached hydrogens (tertiary/aromatic N) is 1. The van der Waals surface area contributed by atoms with Gasteiger partial charge >= 0.3 is 0 Å². The van der Waals surface area contributed by atoms with Crippen LogP contribution in [0.1, 0.15) is 0 Å². The average molecular weight is 403 g/mol. The Kier molecular flexibility index (Phi) is 3.02. The largest absolute Gasteiger partial charge is 0.310 e. The van der Waals surface area contributed by atoms with Gasteiger partial charge in [0, 0.05) is 27.5 Å². The van der Waals surface area contributed by atoms with Gasteiger partial charge in [-0.3, -0.25) is 0 Å². The van der Waals surface area contributed by atoms with Crippen LogP contribution in [0.3, 0.4) is 0 Å². The van der Waals surface area contributed by atoms with E-state index in [1.54, 1.807) is 0 Å². The zero-order valence-electron chi connectivity index (χ0n) is 17.4. The van der Waals surface area contributed by atoms with Crippen molar-refractivity contribution in [1.82, 2.24) is 4.57 Å². The van der Waals surface area contributed by atoms with E-state index in [4.69, 9.17) is 0 Å². The van der Waals surface area contributed by atoms with E-state index >= 15 is 0 Å². The predicted octanol–water partition coefficient (Wildman–Crippen LogP) is 5.26. The summed E-state index contributed by atoms with van der Waals surface area (Å²) in [6.07, 6.45) is 0. The quantitative estimate of drug-likeness (QED) is 0.330. The van der Waals surface area contributed by atoms with Crippen molar-refractivity contribution in [3.05, 3.63) is 109 Å². The predicted molar refractivity (Wildman–Crippen MR) is 136 cm³/mol. The van der Waals surface area contributed by atoms with Crippen LogP contribution in [0.4, 0.5) is 0 Å². The Morgan fingerprint density at radius 1 is 0.469 bits per heavy atom. The third-order valence-electron chi connectivity index (χ3n) is 7.41. The molecule has 0 atom stereocenters. The molecule has 0 bridgehead atoms. The van der Waals surface area contributed by atoms with Gasteiger partial charge in [0.1, 0.15) is 0 Å². The molecule has 0 saturated carbocycles. The van der Waals surface area contributed by atoms with Gasteiger partial charge in [0.05, 0.1) is 5.52 Å². The summed E-state index contributed by atoms with van der Waals surface area (Å²) in [6, 6.07) is 40.2. The van der Waals surface area contributed by atoms with Crippen molar-refractivity contribution < 1.29 is 0 Å². The first-order chi connectivity index (χ1) is 15.9. The molecule has 8 rings (SSSR count). The van der Waals surface area contributed by atoms with E-state index in [0.717, 1.165) is 0 Å². The molecule has 0 fully saturated rings. The highest BCUT2D eigenvalue weighted by molar-refractivity contribution is 7.01. The second kappa shape index (κ2) is 5.80. The average Bonchev–Trinajstić information content (AvgIpc) is 3.38. The molecule has 0 unspecified atom stereocenters. The van der Waals surface area contributed by atoms with Gasteiger partial charge in [-0.05, 0) is 33.7 Å². The molecule has 3 heterocycles. The fourth-order valence-electron chi connectivity index (χ4n) is 6.23. The van der Waals surface area contributed by atoms with Gasteiger partial charge in [0.2, 0.25) is 6.71 Å². The second-order valence-electron chi connectivity index (χ2n) is 8.91. The maximum absolute atomic E-state index is 2.55. The molecule has 2 aliphatic heterocycles. The summed E-state index contributed by atoms with van der Waals surface area (Å²) in [6.45, 7) is 0.304. The van der Waals surface area contributed by atoms with E-state index in [2.05, 4.69) is 114 Å². The molecule has 32 heavy (non-hydrogen) atoms. The van der Waals surface area contributed by atoms with Gasteiger partial charge in [-0.25, -0.2) is 0 Å². The van der Waals surface area contributed by atoms with Gasteiger partial charge in [-0.1, -0.05) is 109 Å². The number of hydrogen-bond donors (Lipinski definition) is 0. The van der Waals surface area contributed by atoms with Crippen molar-refractivity contribution >= 4 is 44.9 Å². The highest BCUT2D eigenvalue weighted by atomic mass is 15.0. The second-order valence-corrected chi connectivity index (χ2v) is 8.91. The van der Waals surface area contributed by atoms with Gasteiger partial charge in [0.15, 0.2) is 0 Å². The first-order valence-electron chi connectivity index (χ1n) is 11.3. The highest BCUT2D eigenvalue weighted by Crippen LogP contribution is 2.40. The minimum Gasteiger partial charge on any atom is -0.310 e. The van der Waals surface area contributed by atoms with E-state index in [-0.39, 0.29) is 0 Å². The van der Waals surface area contributed by atoms with Crippen LogP contribution in [0.2, 0.25) is 0 Å². The van der Waals surface area contributed by atoms with Crippen molar-refractivity contribution in [3.8, 4) is 27.9 Å². The number of rotatable bonds is 1. The lowest BCUT2D eigenvalue weighted by Crippen LogP contribution is -2.53. The molecule has 0 radical (unpaired) electrons. The molecule has 0 amide bonds. The standard InChI is InChI=1S/C30H18BN/c1-2-9-19(10-3-1)20-12-6-14-23-24-15-7-17-26-30(24)32(29(20)23)27-18-8-13-22-21-11-4-5-16-25(21)31(26)28(22)27/h1-18H. The maximum atomic E-state index is 2.55. The number of fused-ring (bicyclic) bond motifs is 8. The van der Waals surface area contributed by atoms with Crippen LogP contribution in [0.5, 0.6) is 0 Å². The minimum absolute atomic E-state index is 0.304. The highest BCUT2D eigenvalue weighted by Gasteiger charge is 2.40. The molecular weight excluding hydrogens is 385 g/mol. The van der Waals surface area contributed by atoms with E-state index in [1.165, 1.54) is 66.1 Å². The van der Waals surface area contributed by atoms with Crippen molar-refractivity contribution in [2.45, 2.75) is 0 Å². The Balaban J connectivity index is 1.62. The normalized spacial score (nSPS) is 12.9. The molecule has 0 saturated heterocycles. The van der Waals surface area contributed by atoms with Crippen LogP contribution in [0.25, 0.3) is 49.7 Å². The van der Waals surface area contributed by atoms with Crippen LogP contribution >= 0.6 is 0 Å². The molecule has 2 heteroatoms. The van der Waals surface area contributed by atoms with Crippen LogP contribution in [0, 0.1) is 0 Å². The zero-order chi connectivity index (χ0) is 20.8. The number of para-hydroxylation sites is 2. The summed E-state index contributed by atoms with van der Waals surface area (Å²) in [5.41, 5.74) is 13.6. The smallest absolute Gasteiger partial charge is 0.248 e. The molecule has 146 valence electrons. The van der Waals surface area contributed by atoms with E-state index in [0.29, 0.717) is 6.71 Å². The summed E-state index contributed by atoms with van der Waals surface area (Å²) in [4.78, 5) is 0. The van der Waals surface area contributed by atoms with E-state index in [1.807, 2.05) is 0 Å². The van der Waals surface area contributed by atoms with Gasteiger partial charge < -0.3 is 4.57 Å².